The number of benzene rings is 2. The van der Waals surface area contributed by atoms with E-state index in [1.54, 1.807) is 31.2 Å². The average Bonchev–Trinajstić information content (AvgIpc) is 2.74. The molecule has 5 nitrogen and oxygen atoms in total. The molecule has 3 aromatic rings. The van der Waals surface area contributed by atoms with Crippen LogP contribution in [-0.4, -0.2) is 48.6 Å². The van der Waals surface area contributed by atoms with Crippen molar-refractivity contribution in [3.8, 4) is 0 Å². The summed E-state index contributed by atoms with van der Waals surface area (Å²) >= 11 is 0. The topological polar surface area (TPSA) is 54.5 Å². The maximum atomic E-state index is 13.6. The number of hydrogen-bond donors (Lipinski definition) is 1. The molecular weight excluding hydrogens is 388 g/mol. The average molecular weight is 411 g/mol. The summed E-state index contributed by atoms with van der Waals surface area (Å²) in [6, 6.07) is 12.2. The van der Waals surface area contributed by atoms with E-state index in [2.05, 4.69) is 15.2 Å². The summed E-state index contributed by atoms with van der Waals surface area (Å²) in [6.45, 7) is 4.82. The molecule has 1 amide bonds. The Bertz CT molecular complexity index is 1040. The Kier molecular flexibility index (Phi) is 6.01. The fourth-order valence-electron chi connectivity index (χ4n) is 3.84. The van der Waals surface area contributed by atoms with E-state index >= 15 is 0 Å². The monoisotopic (exact) mass is 411 g/mol. The predicted molar refractivity (Wildman–Crippen MR) is 110 cm³/mol. The molecule has 7 heteroatoms. The first-order valence-corrected chi connectivity index (χ1v) is 9.93. The van der Waals surface area contributed by atoms with Crippen molar-refractivity contribution in [2.45, 2.75) is 13.0 Å². The van der Waals surface area contributed by atoms with Gasteiger partial charge < -0.3 is 10.1 Å². The van der Waals surface area contributed by atoms with Gasteiger partial charge in [0, 0.05) is 36.8 Å². The summed E-state index contributed by atoms with van der Waals surface area (Å²) in [6.07, 6.45) is 0. The number of nitrogens with zero attached hydrogens (tertiary/aromatic N) is 2. The largest absolute Gasteiger partial charge is 0.379 e. The van der Waals surface area contributed by atoms with E-state index in [1.807, 2.05) is 0 Å². The van der Waals surface area contributed by atoms with Crippen LogP contribution in [0.4, 0.5) is 8.78 Å². The fourth-order valence-corrected chi connectivity index (χ4v) is 3.84. The molecule has 1 unspecified atom stereocenters. The van der Waals surface area contributed by atoms with Crippen LogP contribution in [0.15, 0.2) is 48.5 Å². The lowest BCUT2D eigenvalue weighted by Gasteiger charge is -2.35. The van der Waals surface area contributed by atoms with Gasteiger partial charge in [0.25, 0.3) is 5.91 Å². The van der Waals surface area contributed by atoms with Gasteiger partial charge in [-0.05, 0) is 42.8 Å². The molecule has 1 aromatic heterocycles. The second-order valence-corrected chi connectivity index (χ2v) is 7.40. The highest BCUT2D eigenvalue weighted by molar-refractivity contribution is 6.06. The lowest BCUT2D eigenvalue weighted by molar-refractivity contribution is 0.0162. The van der Waals surface area contributed by atoms with Crippen LogP contribution in [0.3, 0.4) is 0 Å². The number of carbonyl (C=O) groups excluding carboxylic acids is 1. The van der Waals surface area contributed by atoms with E-state index in [4.69, 9.17) is 4.74 Å². The van der Waals surface area contributed by atoms with E-state index in [0.717, 1.165) is 18.7 Å². The molecule has 30 heavy (non-hydrogen) atoms. The minimum Gasteiger partial charge on any atom is -0.379 e. The van der Waals surface area contributed by atoms with Crippen molar-refractivity contribution in [2.75, 3.05) is 32.8 Å². The molecule has 2 heterocycles. The van der Waals surface area contributed by atoms with Gasteiger partial charge in [-0.25, -0.2) is 8.78 Å². The van der Waals surface area contributed by atoms with Crippen LogP contribution in [0.25, 0.3) is 10.9 Å². The number of aromatic nitrogens is 1. The molecule has 0 bridgehead atoms. The van der Waals surface area contributed by atoms with Crippen LogP contribution >= 0.6 is 0 Å². The number of hydrogen-bond acceptors (Lipinski definition) is 4. The minimum absolute atomic E-state index is 0.106. The van der Waals surface area contributed by atoms with E-state index in [-0.39, 0.29) is 17.8 Å². The number of rotatable bonds is 5. The zero-order valence-corrected chi connectivity index (χ0v) is 16.7. The Balaban J connectivity index is 1.58. The summed E-state index contributed by atoms with van der Waals surface area (Å²) in [5.74, 6) is -0.942. The summed E-state index contributed by atoms with van der Waals surface area (Å²) in [7, 11) is 0. The number of morpholine rings is 1. The smallest absolute Gasteiger partial charge is 0.252 e. The third-order valence-electron chi connectivity index (χ3n) is 5.34. The summed E-state index contributed by atoms with van der Waals surface area (Å²) in [5, 5.41) is 3.61. The Hall–Kier alpha value is -2.90. The Morgan fingerprint density at radius 3 is 2.53 bits per heavy atom. The van der Waals surface area contributed by atoms with Gasteiger partial charge in [0.15, 0.2) is 0 Å². The Labute approximate surface area is 173 Å². The first-order chi connectivity index (χ1) is 14.5. The maximum Gasteiger partial charge on any atom is 0.252 e. The van der Waals surface area contributed by atoms with Crippen molar-refractivity contribution >= 4 is 16.8 Å². The molecule has 0 spiro atoms. The number of nitrogens with one attached hydrogen (secondary N) is 1. The molecule has 0 saturated carbocycles. The van der Waals surface area contributed by atoms with Crippen molar-refractivity contribution in [1.82, 2.24) is 15.2 Å². The fraction of sp³-hybridized carbons (Fsp3) is 0.304. The quantitative estimate of drug-likeness (QED) is 0.697. The van der Waals surface area contributed by atoms with Gasteiger partial charge in [-0.3, -0.25) is 14.7 Å². The van der Waals surface area contributed by atoms with Gasteiger partial charge in [-0.2, -0.15) is 0 Å². The molecule has 0 radical (unpaired) electrons. The zero-order chi connectivity index (χ0) is 21.1. The number of carbonyl (C=O) groups is 1. The van der Waals surface area contributed by atoms with Crippen molar-refractivity contribution in [3.63, 3.8) is 0 Å². The molecule has 0 aliphatic carbocycles. The molecule has 1 fully saturated rings. The molecule has 1 N–H and O–H groups in total. The van der Waals surface area contributed by atoms with Crippen molar-refractivity contribution in [2.24, 2.45) is 0 Å². The first kappa shape index (κ1) is 20.4. The van der Waals surface area contributed by atoms with Crippen LogP contribution in [-0.2, 0) is 4.74 Å². The van der Waals surface area contributed by atoms with Crippen LogP contribution in [0.2, 0.25) is 0 Å². The van der Waals surface area contributed by atoms with Crippen molar-refractivity contribution < 1.29 is 18.3 Å². The number of ether oxygens (including phenoxy) is 1. The highest BCUT2D eigenvalue weighted by Crippen LogP contribution is 2.23. The Morgan fingerprint density at radius 1 is 1.10 bits per heavy atom. The summed E-state index contributed by atoms with van der Waals surface area (Å²) in [5.41, 5.74) is 2.47. The van der Waals surface area contributed by atoms with Crippen molar-refractivity contribution in [1.29, 1.82) is 0 Å². The Morgan fingerprint density at radius 2 is 1.80 bits per heavy atom. The van der Waals surface area contributed by atoms with Crippen LogP contribution in [0.5, 0.6) is 0 Å². The van der Waals surface area contributed by atoms with E-state index < -0.39 is 5.82 Å². The molecule has 1 aliphatic rings. The highest BCUT2D eigenvalue weighted by atomic mass is 19.1. The van der Waals surface area contributed by atoms with Gasteiger partial charge in [0.2, 0.25) is 0 Å². The molecule has 156 valence electrons. The van der Waals surface area contributed by atoms with Gasteiger partial charge >= 0.3 is 0 Å². The molecule has 1 saturated heterocycles. The number of halogens is 2. The first-order valence-electron chi connectivity index (χ1n) is 9.93. The van der Waals surface area contributed by atoms with Gasteiger partial charge in [-0.1, -0.05) is 12.1 Å². The zero-order valence-electron chi connectivity index (χ0n) is 16.7. The van der Waals surface area contributed by atoms with E-state index in [1.165, 1.54) is 24.3 Å². The number of fused-ring (bicyclic) bond motifs is 1. The predicted octanol–water partition coefficient (Wildman–Crippen LogP) is 3.62. The molecule has 4 rings (SSSR count). The van der Waals surface area contributed by atoms with Crippen LogP contribution in [0, 0.1) is 18.6 Å². The maximum absolute atomic E-state index is 13.6. The third-order valence-corrected chi connectivity index (χ3v) is 5.34. The van der Waals surface area contributed by atoms with E-state index in [0.29, 0.717) is 41.9 Å². The second-order valence-electron chi connectivity index (χ2n) is 7.40. The summed E-state index contributed by atoms with van der Waals surface area (Å²) in [4.78, 5) is 19.6. The SMILES string of the molecule is Cc1cc(C(=O)NCC(c2ccc(F)cc2)N2CCOCC2)c2ccc(F)cc2n1. The number of pyridine rings is 1. The van der Waals surface area contributed by atoms with Crippen molar-refractivity contribution in [3.05, 3.63) is 77.0 Å². The number of amides is 1. The second kappa shape index (κ2) is 8.85. The standard InChI is InChI=1S/C23H23F2N3O2/c1-15-12-20(19-7-6-18(25)13-21(19)27-15)23(29)26-14-22(28-8-10-30-11-9-28)16-2-4-17(24)5-3-16/h2-7,12-13,22H,8-11,14H2,1H3,(H,26,29). The van der Waals surface area contributed by atoms with Gasteiger partial charge in [-0.15, -0.1) is 0 Å². The molecule has 1 aliphatic heterocycles. The lowest BCUT2D eigenvalue weighted by Crippen LogP contribution is -2.43. The minimum atomic E-state index is -0.393. The van der Waals surface area contributed by atoms with E-state index in [9.17, 15) is 13.6 Å². The molecule has 1 atom stereocenters. The van der Waals surface area contributed by atoms with Crippen LogP contribution in [0.1, 0.15) is 27.7 Å². The normalized spacial score (nSPS) is 15.8. The summed E-state index contributed by atoms with van der Waals surface area (Å²) < 4.78 is 32.4. The number of aryl methyl sites for hydroxylation is 1. The highest BCUT2D eigenvalue weighted by Gasteiger charge is 2.24. The van der Waals surface area contributed by atoms with Crippen LogP contribution < -0.4 is 5.32 Å². The third kappa shape index (κ3) is 4.47. The molecular formula is C23H23F2N3O2. The van der Waals surface area contributed by atoms with Gasteiger partial charge in [0.05, 0.1) is 30.3 Å². The molecule has 2 aromatic carbocycles. The van der Waals surface area contributed by atoms with Gasteiger partial charge in [0.1, 0.15) is 11.6 Å². The lowest BCUT2D eigenvalue weighted by atomic mass is 10.0.